The van der Waals surface area contributed by atoms with Crippen molar-refractivity contribution in [1.29, 1.82) is 0 Å². The van der Waals surface area contributed by atoms with Crippen LogP contribution in [0.5, 0.6) is 5.75 Å². The summed E-state index contributed by atoms with van der Waals surface area (Å²) in [5.41, 5.74) is 0.921. The average molecular weight is 457 g/mol. The number of aliphatic hydroxyl groups is 1. The maximum absolute atomic E-state index is 13.3. The first-order valence-corrected chi connectivity index (χ1v) is 11.8. The molecule has 4 rings (SSSR count). The van der Waals surface area contributed by atoms with E-state index in [4.69, 9.17) is 9.47 Å². The van der Waals surface area contributed by atoms with Crippen molar-refractivity contribution in [1.82, 2.24) is 9.80 Å². The molecule has 1 aromatic heterocycles. The van der Waals surface area contributed by atoms with Gasteiger partial charge in [0.15, 0.2) is 5.76 Å². The second kappa shape index (κ2) is 10.3. The molecule has 0 bridgehead atoms. The van der Waals surface area contributed by atoms with Crippen molar-refractivity contribution >= 4 is 23.0 Å². The molecule has 7 nitrogen and oxygen atoms in total. The van der Waals surface area contributed by atoms with E-state index in [1.807, 2.05) is 36.6 Å². The highest BCUT2D eigenvalue weighted by atomic mass is 32.1. The zero-order valence-corrected chi connectivity index (χ0v) is 19.0. The van der Waals surface area contributed by atoms with Gasteiger partial charge >= 0.3 is 0 Å². The summed E-state index contributed by atoms with van der Waals surface area (Å²) in [6.45, 7) is 6.94. The van der Waals surface area contributed by atoms with Gasteiger partial charge in [0.05, 0.1) is 36.3 Å². The van der Waals surface area contributed by atoms with E-state index in [-0.39, 0.29) is 11.4 Å². The number of benzene rings is 1. The van der Waals surface area contributed by atoms with Crippen molar-refractivity contribution in [2.45, 2.75) is 19.4 Å². The Hall–Kier alpha value is -2.68. The molecular formula is C24H28N2O5S. The fourth-order valence-corrected chi connectivity index (χ4v) is 4.88. The summed E-state index contributed by atoms with van der Waals surface area (Å²) in [6, 6.07) is 10.3. The smallest absolute Gasteiger partial charge is 0.290 e. The van der Waals surface area contributed by atoms with Gasteiger partial charge in [-0.05, 0) is 42.5 Å². The van der Waals surface area contributed by atoms with Gasteiger partial charge < -0.3 is 19.5 Å². The van der Waals surface area contributed by atoms with Gasteiger partial charge in [-0.15, -0.1) is 11.3 Å². The number of ether oxygens (including phenoxy) is 2. The molecule has 0 saturated carbocycles. The summed E-state index contributed by atoms with van der Waals surface area (Å²) in [5, 5.41) is 12.5. The van der Waals surface area contributed by atoms with Crippen LogP contribution in [0, 0.1) is 0 Å². The molecule has 1 atom stereocenters. The Labute approximate surface area is 191 Å². The van der Waals surface area contributed by atoms with Gasteiger partial charge in [0.1, 0.15) is 5.75 Å². The third-order valence-corrected chi connectivity index (χ3v) is 6.65. The molecule has 170 valence electrons. The van der Waals surface area contributed by atoms with E-state index in [1.54, 1.807) is 17.0 Å². The van der Waals surface area contributed by atoms with Gasteiger partial charge in [0.25, 0.3) is 5.91 Å². The van der Waals surface area contributed by atoms with Crippen LogP contribution in [0.15, 0.2) is 53.1 Å². The van der Waals surface area contributed by atoms with Crippen LogP contribution in [-0.2, 0) is 9.53 Å². The lowest BCUT2D eigenvalue weighted by Crippen LogP contribution is -2.39. The summed E-state index contributed by atoms with van der Waals surface area (Å²) >= 11 is 1.30. The number of amides is 1. The van der Waals surface area contributed by atoms with Crippen LogP contribution in [0.1, 0.15) is 34.6 Å². The molecule has 1 fully saturated rings. The standard InChI is InChI=1S/C24H28N2O5S/c1-2-31-18-8-6-17(7-9-18)21-20(22(27)19-5-3-16-32-19)23(28)24(29)26(21)11-4-10-25-12-14-30-15-13-25/h3,5-9,16,21,28H,2,4,10-15H2,1H3/t21-/m0/s1. The van der Waals surface area contributed by atoms with Crippen LogP contribution in [-0.4, -0.2) is 72.6 Å². The molecule has 0 aliphatic carbocycles. The van der Waals surface area contributed by atoms with E-state index < -0.39 is 17.7 Å². The number of aliphatic hydroxyl groups excluding tert-OH is 1. The molecule has 2 aromatic rings. The van der Waals surface area contributed by atoms with Gasteiger partial charge in [0.2, 0.25) is 5.78 Å². The molecular weight excluding hydrogens is 428 g/mol. The topological polar surface area (TPSA) is 79.3 Å². The number of carbonyl (C=O) groups is 2. The van der Waals surface area contributed by atoms with Crippen LogP contribution >= 0.6 is 11.3 Å². The van der Waals surface area contributed by atoms with Crippen molar-refractivity contribution in [3.8, 4) is 5.75 Å². The van der Waals surface area contributed by atoms with E-state index in [1.165, 1.54) is 11.3 Å². The Morgan fingerprint density at radius 3 is 2.59 bits per heavy atom. The third kappa shape index (κ3) is 4.72. The van der Waals surface area contributed by atoms with E-state index >= 15 is 0 Å². The van der Waals surface area contributed by atoms with Crippen LogP contribution < -0.4 is 4.74 Å². The molecule has 8 heteroatoms. The Bertz CT molecular complexity index is 965. The number of thiophene rings is 1. The number of rotatable bonds is 9. The van der Waals surface area contributed by atoms with Crippen molar-refractivity contribution in [2.24, 2.45) is 0 Å². The number of Topliss-reactive ketones (excluding diaryl/α,β-unsaturated/α-hetero) is 1. The average Bonchev–Trinajstić information content (AvgIpc) is 3.43. The Balaban J connectivity index is 1.59. The fraction of sp³-hybridized carbons (Fsp3) is 0.417. The highest BCUT2D eigenvalue weighted by Crippen LogP contribution is 2.40. The van der Waals surface area contributed by atoms with E-state index in [0.29, 0.717) is 18.0 Å². The van der Waals surface area contributed by atoms with Gasteiger partial charge in [-0.2, -0.15) is 0 Å². The molecule has 0 spiro atoms. The molecule has 32 heavy (non-hydrogen) atoms. The summed E-state index contributed by atoms with van der Waals surface area (Å²) in [6.07, 6.45) is 0.743. The molecule has 1 aromatic carbocycles. The molecule has 0 radical (unpaired) electrons. The monoisotopic (exact) mass is 456 g/mol. The molecule has 0 unspecified atom stereocenters. The lowest BCUT2D eigenvalue weighted by atomic mass is 9.95. The molecule has 3 heterocycles. The number of hydrogen-bond donors (Lipinski definition) is 1. The normalized spacial score (nSPS) is 19.6. The van der Waals surface area contributed by atoms with E-state index in [9.17, 15) is 14.7 Å². The minimum absolute atomic E-state index is 0.146. The van der Waals surface area contributed by atoms with E-state index in [2.05, 4.69) is 4.90 Å². The number of hydrogen-bond acceptors (Lipinski definition) is 7. The van der Waals surface area contributed by atoms with Crippen molar-refractivity contribution in [2.75, 3.05) is 46.0 Å². The summed E-state index contributed by atoms with van der Waals surface area (Å²) < 4.78 is 10.9. The summed E-state index contributed by atoms with van der Waals surface area (Å²) in [7, 11) is 0. The van der Waals surface area contributed by atoms with Crippen LogP contribution in [0.4, 0.5) is 0 Å². The lowest BCUT2D eigenvalue weighted by molar-refractivity contribution is -0.129. The SMILES string of the molecule is CCOc1ccc([C@H]2C(C(=O)c3cccs3)=C(O)C(=O)N2CCCN2CCOCC2)cc1. The maximum atomic E-state index is 13.3. The maximum Gasteiger partial charge on any atom is 0.290 e. The van der Waals surface area contributed by atoms with Crippen molar-refractivity contribution in [3.63, 3.8) is 0 Å². The summed E-state index contributed by atoms with van der Waals surface area (Å²) in [4.78, 5) is 30.7. The third-order valence-electron chi connectivity index (χ3n) is 5.78. The minimum Gasteiger partial charge on any atom is -0.503 e. The van der Waals surface area contributed by atoms with E-state index in [0.717, 1.165) is 50.6 Å². The van der Waals surface area contributed by atoms with Crippen molar-refractivity contribution < 1.29 is 24.2 Å². The van der Waals surface area contributed by atoms with Crippen LogP contribution in [0.2, 0.25) is 0 Å². The van der Waals surface area contributed by atoms with Crippen molar-refractivity contribution in [3.05, 3.63) is 63.6 Å². The molecule has 1 amide bonds. The lowest BCUT2D eigenvalue weighted by Gasteiger charge is -2.30. The van der Waals surface area contributed by atoms with Gasteiger partial charge in [-0.25, -0.2) is 0 Å². The largest absolute Gasteiger partial charge is 0.503 e. The Morgan fingerprint density at radius 1 is 1.19 bits per heavy atom. The first-order chi connectivity index (χ1) is 15.6. The van der Waals surface area contributed by atoms with Gasteiger partial charge in [-0.3, -0.25) is 14.5 Å². The highest BCUT2D eigenvalue weighted by Gasteiger charge is 2.43. The first-order valence-electron chi connectivity index (χ1n) is 10.9. The van der Waals surface area contributed by atoms with Crippen LogP contribution in [0.25, 0.3) is 0 Å². The van der Waals surface area contributed by atoms with Gasteiger partial charge in [-0.1, -0.05) is 18.2 Å². The quantitative estimate of drug-likeness (QED) is 0.583. The number of carbonyl (C=O) groups excluding carboxylic acids is 2. The fourth-order valence-electron chi connectivity index (χ4n) is 4.21. The molecule has 1 saturated heterocycles. The molecule has 2 aliphatic heterocycles. The molecule has 2 aliphatic rings. The highest BCUT2D eigenvalue weighted by molar-refractivity contribution is 7.12. The Kier molecular flexibility index (Phi) is 7.24. The zero-order chi connectivity index (χ0) is 22.5. The second-order valence-electron chi connectivity index (χ2n) is 7.78. The number of morpholine rings is 1. The van der Waals surface area contributed by atoms with Crippen LogP contribution in [0.3, 0.4) is 0 Å². The summed E-state index contributed by atoms with van der Waals surface area (Å²) in [5.74, 6) is -0.529. The first kappa shape index (κ1) is 22.5. The number of ketones is 1. The zero-order valence-electron chi connectivity index (χ0n) is 18.2. The predicted octanol–water partition coefficient (Wildman–Crippen LogP) is 3.45. The number of nitrogens with zero attached hydrogens (tertiary/aromatic N) is 2. The second-order valence-corrected chi connectivity index (χ2v) is 8.73. The van der Waals surface area contributed by atoms with Gasteiger partial charge in [0, 0.05) is 26.2 Å². The minimum atomic E-state index is -0.627. The Morgan fingerprint density at radius 2 is 1.94 bits per heavy atom. The predicted molar refractivity (Wildman–Crippen MR) is 122 cm³/mol. The molecule has 1 N–H and O–H groups in total.